The average Bonchev–Trinajstić information content (AvgIpc) is 1.88. The first-order chi connectivity index (χ1) is 4.79. The minimum absolute atomic E-state index is 0.405. The van der Waals surface area contributed by atoms with Gasteiger partial charge in [0.15, 0.2) is 0 Å². The molecule has 50 valence electrons. The average molecular weight is 135 g/mol. The fourth-order valence-electron chi connectivity index (χ4n) is 0.581. The van der Waals surface area contributed by atoms with Crippen LogP contribution in [0.2, 0.25) is 0 Å². The summed E-state index contributed by atoms with van der Waals surface area (Å²) in [7, 11) is 0. The summed E-state index contributed by atoms with van der Waals surface area (Å²) in [5, 5.41) is 12.0. The van der Waals surface area contributed by atoms with E-state index in [0.29, 0.717) is 5.69 Å². The monoisotopic (exact) mass is 135 g/mol. The van der Waals surface area contributed by atoms with Gasteiger partial charge < -0.3 is 0 Å². The fraction of sp³-hybridized carbons (Fsp3) is 0. The molecule has 3 nitrogen and oxygen atoms in total. The number of anilines is 1. The molecular weight excluding hydrogens is 130 g/mol. The second-order valence-electron chi connectivity index (χ2n) is 1.69. The van der Waals surface area contributed by atoms with Crippen molar-refractivity contribution in [2.45, 2.75) is 0 Å². The van der Waals surface area contributed by atoms with E-state index in [2.05, 4.69) is 11.4 Å². The van der Waals surface area contributed by atoms with Crippen LogP contribution >= 0.6 is 0 Å². The van der Waals surface area contributed by atoms with Gasteiger partial charge in [-0.05, 0) is 6.07 Å². The lowest BCUT2D eigenvalue weighted by Crippen LogP contribution is -2.04. The van der Waals surface area contributed by atoms with Gasteiger partial charge in [-0.25, -0.2) is 9.90 Å². The minimum Gasteiger partial charge on any atom is -0.288 e. The molecule has 1 amide bonds. The van der Waals surface area contributed by atoms with Crippen molar-refractivity contribution in [2.24, 2.45) is 0 Å². The smallest absolute Gasteiger partial charge is 0.288 e. The van der Waals surface area contributed by atoms with Crippen LogP contribution in [0.4, 0.5) is 10.5 Å². The summed E-state index contributed by atoms with van der Waals surface area (Å²) >= 11 is 0. The number of rotatable bonds is 1. The van der Waals surface area contributed by atoms with Crippen molar-refractivity contribution >= 4 is 11.8 Å². The van der Waals surface area contributed by atoms with Crippen molar-refractivity contribution < 1.29 is 9.90 Å². The second-order valence-corrected chi connectivity index (χ2v) is 1.69. The standard InChI is InChI=1S/C7H5NO2/c9-7(10)8-6-4-2-1-3-5-6/h1-4,8H. The highest BCUT2D eigenvalue weighted by Gasteiger charge is 1.96. The van der Waals surface area contributed by atoms with Crippen LogP contribution < -0.4 is 5.32 Å². The van der Waals surface area contributed by atoms with E-state index in [0.717, 1.165) is 0 Å². The SMILES string of the molecule is [O]C(=O)Nc1[c]cccc1. The molecule has 0 atom stereocenters. The maximum Gasteiger partial charge on any atom is 0.454 e. The van der Waals surface area contributed by atoms with E-state index in [-0.39, 0.29) is 0 Å². The molecule has 0 aromatic heterocycles. The third-order valence-electron chi connectivity index (χ3n) is 0.946. The number of benzene rings is 1. The van der Waals surface area contributed by atoms with E-state index in [4.69, 9.17) is 0 Å². The Labute approximate surface area is 58.3 Å². The molecule has 0 fully saturated rings. The molecule has 1 aromatic carbocycles. The topological polar surface area (TPSA) is 49.0 Å². The number of amides is 1. The molecule has 0 bridgehead atoms. The lowest BCUT2D eigenvalue weighted by atomic mass is 10.3. The highest BCUT2D eigenvalue weighted by Crippen LogP contribution is 2.02. The first-order valence-corrected chi connectivity index (χ1v) is 2.74. The Bertz CT molecular complexity index is 220. The molecule has 1 N–H and O–H groups in total. The highest BCUT2D eigenvalue weighted by atomic mass is 16.4. The molecule has 0 aliphatic heterocycles. The largest absolute Gasteiger partial charge is 0.454 e. The van der Waals surface area contributed by atoms with E-state index >= 15 is 0 Å². The Morgan fingerprint density at radius 1 is 1.50 bits per heavy atom. The number of carbonyl (C=O) groups excluding carboxylic acids is 1. The lowest BCUT2D eigenvalue weighted by Gasteiger charge is -1.94. The zero-order chi connectivity index (χ0) is 7.40. The fourth-order valence-corrected chi connectivity index (χ4v) is 0.581. The molecule has 1 rings (SSSR count). The molecule has 0 aliphatic rings. The van der Waals surface area contributed by atoms with Crippen LogP contribution in [0.15, 0.2) is 24.3 Å². The number of carbonyl (C=O) groups is 1. The molecule has 0 unspecified atom stereocenters. The number of hydrogen-bond acceptors (Lipinski definition) is 1. The number of hydrogen-bond donors (Lipinski definition) is 1. The van der Waals surface area contributed by atoms with Crippen molar-refractivity contribution in [2.75, 3.05) is 5.32 Å². The van der Waals surface area contributed by atoms with Crippen LogP contribution in [-0.2, 0) is 5.11 Å². The van der Waals surface area contributed by atoms with Crippen LogP contribution in [0, 0.1) is 6.07 Å². The summed E-state index contributed by atoms with van der Waals surface area (Å²) in [5.41, 5.74) is 0.405. The lowest BCUT2D eigenvalue weighted by molar-refractivity contribution is 0.185. The predicted octanol–water partition coefficient (Wildman–Crippen LogP) is 1.45. The molecule has 3 heteroatoms. The molecule has 0 aliphatic carbocycles. The van der Waals surface area contributed by atoms with Gasteiger partial charge >= 0.3 is 6.09 Å². The summed E-state index contributed by atoms with van der Waals surface area (Å²) < 4.78 is 0. The molecule has 10 heavy (non-hydrogen) atoms. The van der Waals surface area contributed by atoms with Crippen LogP contribution in [0.3, 0.4) is 0 Å². The van der Waals surface area contributed by atoms with Crippen molar-refractivity contribution in [1.82, 2.24) is 0 Å². The number of nitrogens with one attached hydrogen (secondary N) is 1. The molecule has 0 heterocycles. The van der Waals surface area contributed by atoms with Gasteiger partial charge in [-0.2, -0.15) is 0 Å². The maximum absolute atomic E-state index is 9.93. The molecule has 0 saturated carbocycles. The van der Waals surface area contributed by atoms with Crippen molar-refractivity contribution in [3.8, 4) is 0 Å². The molecule has 1 aromatic rings. The Morgan fingerprint density at radius 3 is 2.80 bits per heavy atom. The third-order valence-corrected chi connectivity index (χ3v) is 0.946. The molecule has 2 radical (unpaired) electrons. The third kappa shape index (κ3) is 1.78. The van der Waals surface area contributed by atoms with Gasteiger partial charge in [0.25, 0.3) is 0 Å². The normalized spacial score (nSPS) is 8.80. The van der Waals surface area contributed by atoms with Gasteiger partial charge in [0.2, 0.25) is 0 Å². The van der Waals surface area contributed by atoms with Crippen LogP contribution in [0.5, 0.6) is 0 Å². The minimum atomic E-state index is -1.32. The zero-order valence-corrected chi connectivity index (χ0v) is 5.13. The van der Waals surface area contributed by atoms with Crippen LogP contribution in [-0.4, -0.2) is 6.09 Å². The van der Waals surface area contributed by atoms with E-state index in [1.807, 2.05) is 0 Å². The first-order valence-electron chi connectivity index (χ1n) is 2.74. The van der Waals surface area contributed by atoms with Gasteiger partial charge in [-0.3, -0.25) is 5.32 Å². The summed E-state index contributed by atoms with van der Waals surface area (Å²) in [6.07, 6.45) is -1.32. The van der Waals surface area contributed by atoms with E-state index in [1.165, 1.54) is 0 Å². The van der Waals surface area contributed by atoms with Crippen LogP contribution in [0.25, 0.3) is 0 Å². The summed E-state index contributed by atoms with van der Waals surface area (Å²) in [6.45, 7) is 0. The molecule has 0 spiro atoms. The summed E-state index contributed by atoms with van der Waals surface area (Å²) in [4.78, 5) is 9.93. The van der Waals surface area contributed by atoms with Gasteiger partial charge in [0.05, 0.1) is 5.69 Å². The Hall–Kier alpha value is -1.51. The van der Waals surface area contributed by atoms with Gasteiger partial charge in [-0.15, -0.1) is 0 Å². The molecular formula is C7H5NO2. The van der Waals surface area contributed by atoms with Gasteiger partial charge in [0.1, 0.15) is 0 Å². The Balaban J connectivity index is 2.67. The van der Waals surface area contributed by atoms with Gasteiger partial charge in [0, 0.05) is 6.07 Å². The summed E-state index contributed by atoms with van der Waals surface area (Å²) in [6, 6.07) is 9.34. The van der Waals surface area contributed by atoms with E-state index < -0.39 is 6.09 Å². The van der Waals surface area contributed by atoms with Gasteiger partial charge in [-0.1, -0.05) is 18.2 Å². The van der Waals surface area contributed by atoms with E-state index in [1.54, 1.807) is 24.3 Å². The first kappa shape index (κ1) is 6.61. The van der Waals surface area contributed by atoms with Crippen molar-refractivity contribution in [3.05, 3.63) is 30.3 Å². The predicted molar refractivity (Wildman–Crippen MR) is 35.0 cm³/mol. The van der Waals surface area contributed by atoms with Crippen molar-refractivity contribution in [1.29, 1.82) is 0 Å². The molecule has 0 saturated heterocycles. The zero-order valence-electron chi connectivity index (χ0n) is 5.13. The Kier molecular flexibility index (Phi) is 1.89. The van der Waals surface area contributed by atoms with Crippen molar-refractivity contribution in [3.63, 3.8) is 0 Å². The maximum atomic E-state index is 9.93. The van der Waals surface area contributed by atoms with Crippen LogP contribution in [0.1, 0.15) is 0 Å². The Morgan fingerprint density at radius 2 is 2.30 bits per heavy atom. The quantitative estimate of drug-likeness (QED) is 0.622. The number of para-hydroxylation sites is 1. The second kappa shape index (κ2) is 2.87. The summed E-state index contributed by atoms with van der Waals surface area (Å²) in [5.74, 6) is 0. The highest BCUT2D eigenvalue weighted by molar-refractivity contribution is 5.82. The van der Waals surface area contributed by atoms with E-state index in [9.17, 15) is 9.90 Å².